The molecule has 0 spiro atoms. The predicted octanol–water partition coefficient (Wildman–Crippen LogP) is 2.84. The van der Waals surface area contributed by atoms with Gasteiger partial charge in [-0.3, -0.25) is 0 Å². The second-order valence-corrected chi connectivity index (χ2v) is 5.33. The van der Waals surface area contributed by atoms with Crippen LogP contribution in [0.3, 0.4) is 0 Å². The van der Waals surface area contributed by atoms with Crippen LogP contribution >= 0.6 is 11.3 Å². The first-order chi connectivity index (χ1) is 6.43. The highest BCUT2D eigenvalue weighted by Gasteiger charge is 2.17. The number of rotatable bonds is 2. The number of aliphatic hydroxyl groups excluding tert-OH is 1. The fourth-order valence-corrected chi connectivity index (χ4v) is 1.86. The van der Waals surface area contributed by atoms with Crippen LogP contribution in [0.15, 0.2) is 11.0 Å². The molecular weight excluding hydrogens is 194 g/mol. The Kier molecular flexibility index (Phi) is 3.45. The van der Waals surface area contributed by atoms with E-state index in [9.17, 15) is 0 Å². The number of hydrogen-bond donors (Lipinski definition) is 1. The van der Waals surface area contributed by atoms with Crippen molar-refractivity contribution in [3.05, 3.63) is 21.7 Å². The Bertz CT molecular complexity index is 333. The Morgan fingerprint density at radius 3 is 2.64 bits per heavy atom. The molecule has 1 heterocycles. The molecular formula is C11H17NOS. The number of nitrogens with zero attached hydrogens (tertiary/aromatic N) is 1. The van der Waals surface area contributed by atoms with E-state index in [0.717, 1.165) is 16.3 Å². The summed E-state index contributed by atoms with van der Waals surface area (Å²) in [5, 5.41) is 12.0. The van der Waals surface area contributed by atoms with Crippen molar-refractivity contribution >= 4 is 17.4 Å². The lowest BCUT2D eigenvalue weighted by Crippen LogP contribution is -2.10. The van der Waals surface area contributed by atoms with E-state index in [2.05, 4.69) is 25.8 Å². The highest BCUT2D eigenvalue weighted by atomic mass is 32.1. The van der Waals surface area contributed by atoms with Gasteiger partial charge in [0.2, 0.25) is 0 Å². The Morgan fingerprint density at radius 1 is 1.57 bits per heavy atom. The van der Waals surface area contributed by atoms with Crippen LogP contribution in [-0.4, -0.2) is 16.7 Å². The van der Waals surface area contributed by atoms with Gasteiger partial charge in [-0.25, -0.2) is 4.98 Å². The Hall–Kier alpha value is -0.670. The van der Waals surface area contributed by atoms with E-state index in [1.54, 1.807) is 11.3 Å². The van der Waals surface area contributed by atoms with Crippen LogP contribution in [-0.2, 0) is 5.41 Å². The minimum Gasteiger partial charge on any atom is -0.392 e. The molecule has 0 saturated carbocycles. The smallest absolute Gasteiger partial charge is 0.0985 e. The molecule has 0 unspecified atom stereocenters. The zero-order chi connectivity index (χ0) is 10.8. The normalized spacial score (nSPS) is 13.4. The number of hydrogen-bond acceptors (Lipinski definition) is 3. The third-order valence-corrected chi connectivity index (χ3v) is 3.09. The first-order valence-electron chi connectivity index (χ1n) is 4.67. The molecule has 3 heteroatoms. The molecule has 0 aromatic carbocycles. The van der Waals surface area contributed by atoms with E-state index < -0.39 is 0 Å². The van der Waals surface area contributed by atoms with Crippen LogP contribution < -0.4 is 0 Å². The van der Waals surface area contributed by atoms with Crippen molar-refractivity contribution < 1.29 is 5.11 Å². The number of thiazole rings is 1. The molecule has 0 aliphatic heterocycles. The minimum atomic E-state index is 0.0996. The maximum atomic E-state index is 8.87. The fourth-order valence-electron chi connectivity index (χ4n) is 0.995. The molecule has 0 aliphatic carbocycles. The van der Waals surface area contributed by atoms with Crippen molar-refractivity contribution in [2.75, 3.05) is 6.61 Å². The molecule has 1 aromatic rings. The second-order valence-electron chi connectivity index (χ2n) is 4.48. The van der Waals surface area contributed by atoms with Gasteiger partial charge >= 0.3 is 0 Å². The monoisotopic (exact) mass is 211 g/mol. The van der Waals surface area contributed by atoms with Gasteiger partial charge in [-0.05, 0) is 18.6 Å². The Balaban J connectivity index is 2.89. The molecule has 0 amide bonds. The maximum absolute atomic E-state index is 8.87. The summed E-state index contributed by atoms with van der Waals surface area (Å²) >= 11 is 1.67. The van der Waals surface area contributed by atoms with Gasteiger partial charge in [0.05, 0.1) is 17.3 Å². The van der Waals surface area contributed by atoms with Gasteiger partial charge < -0.3 is 5.11 Å². The van der Waals surface area contributed by atoms with Gasteiger partial charge in [-0.15, -0.1) is 11.3 Å². The predicted molar refractivity (Wildman–Crippen MR) is 61.6 cm³/mol. The summed E-state index contributed by atoms with van der Waals surface area (Å²) in [5.74, 6) is 0. The van der Waals surface area contributed by atoms with Gasteiger partial charge in [0.15, 0.2) is 0 Å². The van der Waals surface area contributed by atoms with Crippen molar-refractivity contribution in [1.82, 2.24) is 4.98 Å². The quantitative estimate of drug-likeness (QED) is 0.816. The highest BCUT2D eigenvalue weighted by molar-refractivity contribution is 7.09. The van der Waals surface area contributed by atoms with E-state index in [-0.39, 0.29) is 12.0 Å². The number of aromatic nitrogens is 1. The van der Waals surface area contributed by atoms with Crippen LogP contribution in [0.5, 0.6) is 0 Å². The lowest BCUT2D eigenvalue weighted by Gasteiger charge is -2.13. The molecule has 1 N–H and O–H groups in total. The van der Waals surface area contributed by atoms with Crippen LogP contribution in [0.4, 0.5) is 0 Å². The lowest BCUT2D eigenvalue weighted by atomic mass is 9.98. The SMILES string of the molecule is CC(=Cc1csc(C(C)(C)C)n1)CO. The summed E-state index contributed by atoms with van der Waals surface area (Å²) in [6.45, 7) is 8.45. The summed E-state index contributed by atoms with van der Waals surface area (Å²) in [4.78, 5) is 4.50. The first kappa shape index (κ1) is 11.4. The minimum absolute atomic E-state index is 0.0996. The molecule has 0 aliphatic rings. The average molecular weight is 211 g/mol. The number of aliphatic hydroxyl groups is 1. The standard InChI is InChI=1S/C11H17NOS/c1-8(6-13)5-9-7-14-10(12-9)11(2,3)4/h5,7,13H,6H2,1-4H3. The lowest BCUT2D eigenvalue weighted by molar-refractivity contribution is 0.332. The van der Waals surface area contributed by atoms with Crippen molar-refractivity contribution in [2.45, 2.75) is 33.1 Å². The van der Waals surface area contributed by atoms with Crippen LogP contribution in [0.2, 0.25) is 0 Å². The van der Waals surface area contributed by atoms with E-state index in [1.165, 1.54) is 0 Å². The van der Waals surface area contributed by atoms with Crippen LogP contribution in [0.1, 0.15) is 38.4 Å². The third kappa shape index (κ3) is 2.93. The van der Waals surface area contributed by atoms with E-state index in [1.807, 2.05) is 18.4 Å². The van der Waals surface area contributed by atoms with Crippen molar-refractivity contribution in [3.63, 3.8) is 0 Å². The molecule has 0 fully saturated rings. The van der Waals surface area contributed by atoms with Crippen molar-refractivity contribution in [1.29, 1.82) is 0 Å². The molecule has 1 rings (SSSR count). The molecule has 78 valence electrons. The fraction of sp³-hybridized carbons (Fsp3) is 0.545. The molecule has 0 saturated heterocycles. The van der Waals surface area contributed by atoms with Crippen LogP contribution in [0, 0.1) is 0 Å². The molecule has 0 atom stereocenters. The maximum Gasteiger partial charge on any atom is 0.0985 e. The zero-order valence-corrected chi connectivity index (χ0v) is 9.98. The highest BCUT2D eigenvalue weighted by Crippen LogP contribution is 2.26. The molecule has 0 bridgehead atoms. The van der Waals surface area contributed by atoms with Gasteiger partial charge in [-0.1, -0.05) is 20.8 Å². The van der Waals surface area contributed by atoms with E-state index >= 15 is 0 Å². The zero-order valence-electron chi connectivity index (χ0n) is 9.16. The largest absolute Gasteiger partial charge is 0.392 e. The van der Waals surface area contributed by atoms with E-state index in [0.29, 0.717) is 0 Å². The summed E-state index contributed by atoms with van der Waals surface area (Å²) in [6, 6.07) is 0. The molecule has 1 aromatic heterocycles. The topological polar surface area (TPSA) is 33.1 Å². The van der Waals surface area contributed by atoms with Gasteiger partial charge in [-0.2, -0.15) is 0 Å². The Morgan fingerprint density at radius 2 is 2.21 bits per heavy atom. The summed E-state index contributed by atoms with van der Waals surface area (Å²) < 4.78 is 0. The second kappa shape index (κ2) is 4.24. The summed E-state index contributed by atoms with van der Waals surface area (Å²) in [7, 11) is 0. The average Bonchev–Trinajstić information content (AvgIpc) is 2.51. The molecule has 14 heavy (non-hydrogen) atoms. The van der Waals surface area contributed by atoms with Gasteiger partial charge in [0, 0.05) is 10.8 Å². The summed E-state index contributed by atoms with van der Waals surface area (Å²) in [6.07, 6.45) is 1.92. The summed E-state index contributed by atoms with van der Waals surface area (Å²) in [5.41, 5.74) is 2.01. The van der Waals surface area contributed by atoms with Crippen molar-refractivity contribution in [2.24, 2.45) is 0 Å². The van der Waals surface area contributed by atoms with Gasteiger partial charge in [0.25, 0.3) is 0 Å². The van der Waals surface area contributed by atoms with Crippen molar-refractivity contribution in [3.8, 4) is 0 Å². The van der Waals surface area contributed by atoms with E-state index in [4.69, 9.17) is 5.11 Å². The first-order valence-corrected chi connectivity index (χ1v) is 5.55. The molecule has 2 nitrogen and oxygen atoms in total. The third-order valence-electron chi connectivity index (χ3n) is 1.81. The Labute approximate surface area is 89.3 Å². The molecule has 0 radical (unpaired) electrons. The van der Waals surface area contributed by atoms with Gasteiger partial charge in [0.1, 0.15) is 0 Å². The van der Waals surface area contributed by atoms with Crippen LogP contribution in [0.25, 0.3) is 6.08 Å².